The Bertz CT molecular complexity index is 596. The van der Waals surface area contributed by atoms with Gasteiger partial charge in [-0.3, -0.25) is 0 Å². The largest absolute Gasteiger partial charge is 0.339 e. The number of hydrogen-bond donors (Lipinski definition) is 1. The molecule has 0 amide bonds. The van der Waals surface area contributed by atoms with Crippen molar-refractivity contribution < 1.29 is 8.91 Å². The second kappa shape index (κ2) is 4.74. The molecule has 1 fully saturated rings. The van der Waals surface area contributed by atoms with Crippen molar-refractivity contribution in [3.63, 3.8) is 0 Å². The van der Waals surface area contributed by atoms with Crippen LogP contribution in [0.15, 0.2) is 22.7 Å². The van der Waals surface area contributed by atoms with Crippen molar-refractivity contribution in [1.82, 2.24) is 10.1 Å². The van der Waals surface area contributed by atoms with Crippen LogP contribution in [0.3, 0.4) is 0 Å². The molecule has 2 atom stereocenters. The summed E-state index contributed by atoms with van der Waals surface area (Å²) in [5.74, 6) is 0.868. The predicted molar refractivity (Wildman–Crippen MR) is 69.0 cm³/mol. The number of aromatic nitrogens is 2. The Hall–Kier alpha value is -1.75. The van der Waals surface area contributed by atoms with Crippen LogP contribution in [0, 0.1) is 12.7 Å². The van der Waals surface area contributed by atoms with E-state index in [2.05, 4.69) is 10.1 Å². The van der Waals surface area contributed by atoms with Crippen LogP contribution in [0.1, 0.15) is 36.6 Å². The van der Waals surface area contributed by atoms with Gasteiger partial charge < -0.3 is 10.3 Å². The molecule has 0 radical (unpaired) electrons. The molecule has 3 rings (SSSR count). The number of nitrogens with zero attached hydrogens (tertiary/aromatic N) is 2. The highest BCUT2D eigenvalue weighted by Crippen LogP contribution is 2.33. The molecule has 1 aromatic heterocycles. The fourth-order valence-electron chi connectivity index (χ4n) is 2.53. The molecule has 0 saturated heterocycles. The van der Waals surface area contributed by atoms with Gasteiger partial charge in [0.05, 0.1) is 5.92 Å². The van der Waals surface area contributed by atoms with E-state index in [1.54, 1.807) is 19.1 Å². The molecule has 1 aromatic carbocycles. The van der Waals surface area contributed by atoms with Crippen LogP contribution in [-0.2, 0) is 0 Å². The molecule has 0 aliphatic heterocycles. The van der Waals surface area contributed by atoms with Crippen LogP contribution in [-0.4, -0.2) is 16.2 Å². The summed E-state index contributed by atoms with van der Waals surface area (Å²) < 4.78 is 18.8. The highest BCUT2D eigenvalue weighted by Gasteiger charge is 2.30. The molecule has 1 aliphatic rings. The van der Waals surface area contributed by atoms with Gasteiger partial charge in [0.25, 0.3) is 0 Å². The summed E-state index contributed by atoms with van der Waals surface area (Å²) in [5.41, 5.74) is 7.25. The second-order valence-electron chi connectivity index (χ2n) is 5.12. The normalized spacial score (nSPS) is 22.9. The Morgan fingerprint density at radius 3 is 2.89 bits per heavy atom. The molecule has 5 heteroatoms. The van der Waals surface area contributed by atoms with Crippen molar-refractivity contribution in [2.45, 2.75) is 38.1 Å². The molecule has 1 aliphatic carbocycles. The molecule has 0 spiro atoms. The molecule has 2 aromatic rings. The third-order valence-corrected chi connectivity index (χ3v) is 3.76. The quantitative estimate of drug-likeness (QED) is 0.902. The first-order valence-corrected chi connectivity index (χ1v) is 6.51. The Morgan fingerprint density at radius 2 is 2.21 bits per heavy atom. The third-order valence-electron chi connectivity index (χ3n) is 3.76. The second-order valence-corrected chi connectivity index (χ2v) is 5.12. The van der Waals surface area contributed by atoms with Crippen molar-refractivity contribution in [3.05, 3.63) is 35.5 Å². The van der Waals surface area contributed by atoms with Crippen molar-refractivity contribution in [3.8, 4) is 11.4 Å². The van der Waals surface area contributed by atoms with Crippen molar-refractivity contribution in [2.75, 3.05) is 0 Å². The SMILES string of the molecule is Cc1ccc(-c2noc(C3CCCC3N)n2)cc1F. The smallest absolute Gasteiger partial charge is 0.231 e. The van der Waals surface area contributed by atoms with Crippen LogP contribution in [0.25, 0.3) is 11.4 Å². The first-order valence-electron chi connectivity index (χ1n) is 6.51. The van der Waals surface area contributed by atoms with Gasteiger partial charge in [0.1, 0.15) is 5.82 Å². The highest BCUT2D eigenvalue weighted by atomic mass is 19.1. The number of nitrogens with two attached hydrogens (primary N) is 1. The average Bonchev–Trinajstić information content (AvgIpc) is 3.01. The number of rotatable bonds is 2. The first-order chi connectivity index (χ1) is 9.15. The lowest BCUT2D eigenvalue weighted by Crippen LogP contribution is -2.22. The van der Waals surface area contributed by atoms with E-state index in [1.807, 2.05) is 0 Å². The summed E-state index contributed by atoms with van der Waals surface area (Å²) in [7, 11) is 0. The number of hydrogen-bond acceptors (Lipinski definition) is 4. The van der Waals surface area contributed by atoms with Gasteiger partial charge in [-0.25, -0.2) is 4.39 Å². The highest BCUT2D eigenvalue weighted by molar-refractivity contribution is 5.55. The van der Waals surface area contributed by atoms with Crippen molar-refractivity contribution >= 4 is 0 Å². The molecule has 0 bridgehead atoms. The zero-order valence-corrected chi connectivity index (χ0v) is 10.8. The zero-order valence-electron chi connectivity index (χ0n) is 10.8. The van der Waals surface area contributed by atoms with Gasteiger partial charge >= 0.3 is 0 Å². The van der Waals surface area contributed by atoms with E-state index in [0.29, 0.717) is 22.8 Å². The summed E-state index contributed by atoms with van der Waals surface area (Å²) in [5, 5.41) is 3.93. The van der Waals surface area contributed by atoms with E-state index in [4.69, 9.17) is 10.3 Å². The molecule has 1 saturated carbocycles. The third kappa shape index (κ3) is 2.26. The summed E-state index contributed by atoms with van der Waals surface area (Å²) in [6.07, 6.45) is 3.05. The van der Waals surface area contributed by atoms with Gasteiger partial charge in [-0.15, -0.1) is 0 Å². The molecule has 2 N–H and O–H groups in total. The molecule has 2 unspecified atom stereocenters. The molecule has 4 nitrogen and oxygen atoms in total. The Kier molecular flexibility index (Phi) is 3.06. The van der Waals surface area contributed by atoms with Crippen LogP contribution < -0.4 is 5.73 Å². The Morgan fingerprint density at radius 1 is 1.37 bits per heavy atom. The summed E-state index contributed by atoms with van der Waals surface area (Å²) in [4.78, 5) is 4.36. The summed E-state index contributed by atoms with van der Waals surface area (Å²) >= 11 is 0. The maximum Gasteiger partial charge on any atom is 0.231 e. The topological polar surface area (TPSA) is 64.9 Å². The summed E-state index contributed by atoms with van der Waals surface area (Å²) in [6.45, 7) is 1.72. The Balaban J connectivity index is 1.90. The minimum Gasteiger partial charge on any atom is -0.339 e. The van der Waals surface area contributed by atoms with E-state index < -0.39 is 0 Å². The lowest BCUT2D eigenvalue weighted by molar-refractivity contribution is 0.345. The molecule has 1 heterocycles. The van der Waals surface area contributed by atoms with Gasteiger partial charge in [-0.2, -0.15) is 4.98 Å². The van der Waals surface area contributed by atoms with Crippen LogP contribution >= 0.6 is 0 Å². The maximum atomic E-state index is 13.5. The van der Waals surface area contributed by atoms with E-state index in [1.165, 1.54) is 6.07 Å². The lowest BCUT2D eigenvalue weighted by Gasteiger charge is -2.08. The fraction of sp³-hybridized carbons (Fsp3) is 0.429. The Labute approximate surface area is 110 Å². The van der Waals surface area contributed by atoms with Gasteiger partial charge in [0, 0.05) is 11.6 Å². The van der Waals surface area contributed by atoms with E-state index >= 15 is 0 Å². The summed E-state index contributed by atoms with van der Waals surface area (Å²) in [6, 6.07) is 5.02. The zero-order chi connectivity index (χ0) is 13.4. The van der Waals surface area contributed by atoms with E-state index in [-0.39, 0.29) is 17.8 Å². The number of aryl methyl sites for hydroxylation is 1. The molecular formula is C14H16FN3O. The monoisotopic (exact) mass is 261 g/mol. The van der Waals surface area contributed by atoms with Gasteiger partial charge in [-0.1, -0.05) is 23.7 Å². The van der Waals surface area contributed by atoms with E-state index in [0.717, 1.165) is 19.3 Å². The molecule has 19 heavy (non-hydrogen) atoms. The maximum absolute atomic E-state index is 13.5. The standard InChI is InChI=1S/C14H16FN3O/c1-8-5-6-9(7-11(8)15)13-17-14(19-18-13)10-3-2-4-12(10)16/h5-7,10,12H,2-4,16H2,1H3. The predicted octanol–water partition coefficient (Wildman–Crippen LogP) is 2.78. The molecular weight excluding hydrogens is 245 g/mol. The van der Waals surface area contributed by atoms with Gasteiger partial charge in [0.15, 0.2) is 0 Å². The van der Waals surface area contributed by atoms with Crippen LogP contribution in [0.2, 0.25) is 0 Å². The number of benzene rings is 1. The fourth-order valence-corrected chi connectivity index (χ4v) is 2.53. The van der Waals surface area contributed by atoms with Crippen molar-refractivity contribution in [1.29, 1.82) is 0 Å². The minimum absolute atomic E-state index is 0.0862. The number of halogens is 1. The van der Waals surface area contributed by atoms with Gasteiger partial charge in [0.2, 0.25) is 11.7 Å². The average molecular weight is 261 g/mol. The van der Waals surface area contributed by atoms with Crippen molar-refractivity contribution in [2.24, 2.45) is 5.73 Å². The lowest BCUT2D eigenvalue weighted by atomic mass is 10.0. The van der Waals surface area contributed by atoms with E-state index in [9.17, 15) is 4.39 Å². The van der Waals surface area contributed by atoms with Gasteiger partial charge in [-0.05, 0) is 31.4 Å². The minimum atomic E-state index is -0.263. The van der Waals surface area contributed by atoms with Crippen LogP contribution in [0.4, 0.5) is 4.39 Å². The van der Waals surface area contributed by atoms with Crippen LogP contribution in [0.5, 0.6) is 0 Å². The first kappa shape index (κ1) is 12.3. The molecule has 100 valence electrons.